The van der Waals surface area contributed by atoms with Gasteiger partial charge in [0.1, 0.15) is 11.6 Å². The van der Waals surface area contributed by atoms with Gasteiger partial charge < -0.3 is 9.32 Å². The van der Waals surface area contributed by atoms with Gasteiger partial charge in [0.05, 0.1) is 11.8 Å². The Labute approximate surface area is 121 Å². The third-order valence-electron chi connectivity index (χ3n) is 3.47. The number of hydrogen-bond acceptors (Lipinski definition) is 4. The molecule has 0 unspecified atom stereocenters. The SMILES string of the molecule is Cc1occc1-c1nnc(N(C)c2ccc(F)cc2)n1C. The summed E-state index contributed by atoms with van der Waals surface area (Å²) < 4.78 is 20.2. The van der Waals surface area contributed by atoms with Gasteiger partial charge in [0, 0.05) is 19.8 Å². The fourth-order valence-corrected chi connectivity index (χ4v) is 2.24. The summed E-state index contributed by atoms with van der Waals surface area (Å²) >= 11 is 0. The Morgan fingerprint density at radius 1 is 1.14 bits per heavy atom. The van der Waals surface area contributed by atoms with Crippen LogP contribution >= 0.6 is 0 Å². The van der Waals surface area contributed by atoms with Gasteiger partial charge in [-0.15, -0.1) is 10.2 Å². The fourth-order valence-electron chi connectivity index (χ4n) is 2.24. The van der Waals surface area contributed by atoms with Crippen molar-refractivity contribution in [1.82, 2.24) is 14.8 Å². The maximum Gasteiger partial charge on any atom is 0.231 e. The van der Waals surface area contributed by atoms with Crippen LogP contribution in [0, 0.1) is 12.7 Å². The van der Waals surface area contributed by atoms with E-state index in [0.29, 0.717) is 5.95 Å². The summed E-state index contributed by atoms with van der Waals surface area (Å²) in [5.74, 6) is 1.92. The molecule has 5 nitrogen and oxygen atoms in total. The average Bonchev–Trinajstić information content (AvgIpc) is 3.05. The Balaban J connectivity index is 1.99. The van der Waals surface area contributed by atoms with Gasteiger partial charge in [-0.1, -0.05) is 0 Å². The van der Waals surface area contributed by atoms with E-state index < -0.39 is 0 Å². The van der Waals surface area contributed by atoms with E-state index in [1.54, 1.807) is 18.4 Å². The molecule has 3 aromatic rings. The molecule has 0 fully saturated rings. The number of aromatic nitrogens is 3. The minimum atomic E-state index is -0.264. The molecule has 2 aromatic heterocycles. The summed E-state index contributed by atoms with van der Waals surface area (Å²) in [6.07, 6.45) is 1.63. The van der Waals surface area contributed by atoms with Crippen LogP contribution in [0.1, 0.15) is 5.76 Å². The van der Waals surface area contributed by atoms with E-state index in [4.69, 9.17) is 4.42 Å². The lowest BCUT2D eigenvalue weighted by Crippen LogP contribution is -2.14. The van der Waals surface area contributed by atoms with E-state index in [9.17, 15) is 4.39 Å². The Morgan fingerprint density at radius 2 is 1.86 bits per heavy atom. The second-order valence-electron chi connectivity index (χ2n) is 4.81. The van der Waals surface area contributed by atoms with Gasteiger partial charge in [-0.2, -0.15) is 0 Å². The van der Waals surface area contributed by atoms with Crippen molar-refractivity contribution < 1.29 is 8.81 Å². The molecule has 0 bridgehead atoms. The summed E-state index contributed by atoms with van der Waals surface area (Å²) in [5, 5.41) is 8.44. The highest BCUT2D eigenvalue weighted by molar-refractivity contribution is 5.63. The van der Waals surface area contributed by atoms with Crippen LogP contribution in [0.3, 0.4) is 0 Å². The van der Waals surface area contributed by atoms with Crippen LogP contribution in [0.25, 0.3) is 11.4 Å². The number of halogens is 1. The highest BCUT2D eigenvalue weighted by Crippen LogP contribution is 2.27. The van der Waals surface area contributed by atoms with E-state index >= 15 is 0 Å². The summed E-state index contributed by atoms with van der Waals surface area (Å²) in [6, 6.07) is 8.10. The Morgan fingerprint density at radius 3 is 2.48 bits per heavy atom. The van der Waals surface area contributed by atoms with Gasteiger partial charge in [0.15, 0.2) is 5.82 Å². The van der Waals surface area contributed by atoms with Crippen molar-refractivity contribution in [3.8, 4) is 11.4 Å². The van der Waals surface area contributed by atoms with Crippen LogP contribution in [0.2, 0.25) is 0 Å². The number of aryl methyl sites for hydroxylation is 1. The zero-order valence-electron chi connectivity index (χ0n) is 12.0. The van der Waals surface area contributed by atoms with Crippen molar-refractivity contribution in [3.05, 3.63) is 48.2 Å². The molecule has 3 rings (SSSR count). The highest BCUT2D eigenvalue weighted by Gasteiger charge is 2.17. The number of nitrogens with zero attached hydrogens (tertiary/aromatic N) is 4. The smallest absolute Gasteiger partial charge is 0.231 e. The maximum atomic E-state index is 13.0. The van der Waals surface area contributed by atoms with Crippen LogP contribution in [-0.4, -0.2) is 21.8 Å². The van der Waals surface area contributed by atoms with E-state index in [0.717, 1.165) is 22.8 Å². The normalized spacial score (nSPS) is 10.9. The van der Waals surface area contributed by atoms with E-state index in [-0.39, 0.29) is 5.82 Å². The number of hydrogen-bond donors (Lipinski definition) is 0. The van der Waals surface area contributed by atoms with Gasteiger partial charge in [-0.25, -0.2) is 4.39 Å². The van der Waals surface area contributed by atoms with E-state index in [1.807, 2.05) is 36.6 Å². The molecule has 0 radical (unpaired) electrons. The molecule has 0 saturated carbocycles. The average molecular weight is 286 g/mol. The van der Waals surface area contributed by atoms with Gasteiger partial charge in [0.25, 0.3) is 0 Å². The van der Waals surface area contributed by atoms with Gasteiger partial charge in [-0.05, 0) is 37.3 Å². The summed E-state index contributed by atoms with van der Waals surface area (Å²) in [4.78, 5) is 1.85. The summed E-state index contributed by atoms with van der Waals surface area (Å²) in [5.41, 5.74) is 1.74. The second-order valence-corrected chi connectivity index (χ2v) is 4.81. The third-order valence-corrected chi connectivity index (χ3v) is 3.47. The van der Waals surface area contributed by atoms with Gasteiger partial charge >= 0.3 is 0 Å². The van der Waals surface area contributed by atoms with Crippen LogP contribution in [0.5, 0.6) is 0 Å². The minimum absolute atomic E-state index is 0.264. The number of furan rings is 1. The molecular formula is C15H15FN4O. The topological polar surface area (TPSA) is 47.1 Å². The molecule has 0 saturated heterocycles. The van der Waals surface area contributed by atoms with Crippen molar-refractivity contribution >= 4 is 11.6 Å². The lowest BCUT2D eigenvalue weighted by atomic mass is 10.2. The van der Waals surface area contributed by atoms with E-state index in [2.05, 4.69) is 10.2 Å². The Bertz CT molecular complexity index is 760. The molecule has 0 atom stereocenters. The molecule has 0 aliphatic heterocycles. The fraction of sp³-hybridized carbons (Fsp3) is 0.200. The third kappa shape index (κ3) is 2.29. The predicted molar refractivity (Wildman–Crippen MR) is 77.9 cm³/mol. The van der Waals surface area contributed by atoms with Crippen molar-refractivity contribution in [2.45, 2.75) is 6.92 Å². The molecule has 1 aromatic carbocycles. The Hall–Kier alpha value is -2.63. The van der Waals surface area contributed by atoms with Crippen molar-refractivity contribution in [1.29, 1.82) is 0 Å². The quantitative estimate of drug-likeness (QED) is 0.741. The lowest BCUT2D eigenvalue weighted by molar-refractivity contribution is 0.535. The van der Waals surface area contributed by atoms with Crippen LogP contribution in [0.4, 0.5) is 16.0 Å². The number of benzene rings is 1. The van der Waals surface area contributed by atoms with Crippen LogP contribution in [0.15, 0.2) is 41.0 Å². The molecule has 108 valence electrons. The molecule has 0 spiro atoms. The Kier molecular flexibility index (Phi) is 3.21. The van der Waals surface area contributed by atoms with Crippen LogP contribution < -0.4 is 4.90 Å². The monoisotopic (exact) mass is 286 g/mol. The molecule has 0 amide bonds. The molecule has 2 heterocycles. The molecule has 0 aliphatic rings. The second kappa shape index (κ2) is 5.05. The first kappa shape index (κ1) is 13.4. The maximum absolute atomic E-state index is 13.0. The van der Waals surface area contributed by atoms with Gasteiger partial charge in [0.2, 0.25) is 5.95 Å². The summed E-state index contributed by atoms with van der Waals surface area (Å²) in [7, 11) is 3.75. The van der Waals surface area contributed by atoms with Crippen molar-refractivity contribution in [2.75, 3.05) is 11.9 Å². The number of rotatable bonds is 3. The van der Waals surface area contributed by atoms with Gasteiger partial charge in [-0.3, -0.25) is 4.57 Å². The molecule has 21 heavy (non-hydrogen) atoms. The van der Waals surface area contributed by atoms with Crippen molar-refractivity contribution in [3.63, 3.8) is 0 Å². The van der Waals surface area contributed by atoms with Crippen molar-refractivity contribution in [2.24, 2.45) is 7.05 Å². The first-order chi connectivity index (χ1) is 10.1. The predicted octanol–water partition coefficient (Wildman–Crippen LogP) is 3.29. The molecule has 6 heteroatoms. The first-order valence-corrected chi connectivity index (χ1v) is 6.51. The standard InChI is InChI=1S/C15H15FN4O/c1-10-13(8-9-21-10)14-17-18-15(20(14)3)19(2)12-6-4-11(16)5-7-12/h4-9H,1-3H3. The van der Waals surface area contributed by atoms with Crippen LogP contribution in [-0.2, 0) is 7.05 Å². The lowest BCUT2D eigenvalue weighted by Gasteiger charge is -2.17. The largest absolute Gasteiger partial charge is 0.469 e. The van der Waals surface area contributed by atoms with E-state index in [1.165, 1.54) is 12.1 Å². The first-order valence-electron chi connectivity index (χ1n) is 6.51. The zero-order valence-corrected chi connectivity index (χ0v) is 12.0. The minimum Gasteiger partial charge on any atom is -0.469 e. The zero-order chi connectivity index (χ0) is 15.0. The number of anilines is 2. The molecule has 0 aliphatic carbocycles. The molecular weight excluding hydrogens is 271 g/mol. The summed E-state index contributed by atoms with van der Waals surface area (Å²) in [6.45, 7) is 1.88. The molecule has 0 N–H and O–H groups in total. The highest BCUT2D eigenvalue weighted by atomic mass is 19.1.